The van der Waals surface area contributed by atoms with Crippen molar-refractivity contribution in [1.82, 2.24) is 4.90 Å². The largest absolute Gasteiger partial charge is 0.497 e. The number of anilines is 1. The molecule has 0 fully saturated rings. The van der Waals surface area contributed by atoms with E-state index in [4.69, 9.17) is 16.3 Å². The molecule has 0 bridgehead atoms. The fraction of sp³-hybridized carbons (Fsp3) is 0.136. The Bertz CT molecular complexity index is 1130. The van der Waals surface area contributed by atoms with Crippen LogP contribution in [0.2, 0.25) is 5.02 Å². The zero-order valence-corrected chi connectivity index (χ0v) is 18.1. The van der Waals surface area contributed by atoms with Crippen LogP contribution in [-0.2, 0) is 16.6 Å². The lowest BCUT2D eigenvalue weighted by Gasteiger charge is -2.18. The number of benzene rings is 3. The number of nitrogens with zero attached hydrogens (tertiary/aromatic N) is 1. The van der Waals surface area contributed by atoms with Crippen LogP contribution in [0.3, 0.4) is 0 Å². The molecular formula is C22H21ClN2O4S. The van der Waals surface area contributed by atoms with E-state index in [-0.39, 0.29) is 16.4 Å². The molecule has 30 heavy (non-hydrogen) atoms. The first-order chi connectivity index (χ1) is 14.3. The summed E-state index contributed by atoms with van der Waals surface area (Å²) in [5.41, 5.74) is 1.59. The van der Waals surface area contributed by atoms with Crippen LogP contribution in [0.15, 0.2) is 77.7 Å². The van der Waals surface area contributed by atoms with Crippen LogP contribution in [-0.4, -0.2) is 33.4 Å². The van der Waals surface area contributed by atoms with Gasteiger partial charge in [-0.3, -0.25) is 9.52 Å². The van der Waals surface area contributed by atoms with Crippen LogP contribution in [0.25, 0.3) is 0 Å². The fourth-order valence-corrected chi connectivity index (χ4v) is 4.06. The third-order valence-corrected chi connectivity index (χ3v) is 6.04. The summed E-state index contributed by atoms with van der Waals surface area (Å²) in [6.45, 7) is 0.372. The molecule has 3 rings (SSSR count). The van der Waals surface area contributed by atoms with E-state index >= 15 is 0 Å². The van der Waals surface area contributed by atoms with Crippen molar-refractivity contribution in [2.24, 2.45) is 0 Å². The van der Waals surface area contributed by atoms with Crippen molar-refractivity contribution in [3.05, 3.63) is 88.9 Å². The van der Waals surface area contributed by atoms with Gasteiger partial charge in [0.05, 0.1) is 12.0 Å². The van der Waals surface area contributed by atoms with Gasteiger partial charge >= 0.3 is 0 Å². The van der Waals surface area contributed by atoms with E-state index in [0.29, 0.717) is 23.0 Å². The van der Waals surface area contributed by atoms with Crippen LogP contribution in [0.1, 0.15) is 15.9 Å². The van der Waals surface area contributed by atoms with Crippen molar-refractivity contribution >= 4 is 33.2 Å². The predicted octanol–water partition coefficient (Wildman–Crippen LogP) is 4.42. The molecule has 0 atom stereocenters. The highest BCUT2D eigenvalue weighted by Crippen LogP contribution is 2.21. The molecule has 156 valence electrons. The second kappa shape index (κ2) is 9.19. The van der Waals surface area contributed by atoms with Crippen molar-refractivity contribution in [3.8, 4) is 5.75 Å². The molecule has 6 nitrogen and oxygen atoms in total. The van der Waals surface area contributed by atoms with E-state index in [2.05, 4.69) is 4.72 Å². The first-order valence-electron chi connectivity index (χ1n) is 9.05. The SMILES string of the molecule is COc1ccc(NS(=O)(=O)c2cccc(C(=O)N(C)Cc3ccc(Cl)cc3)c2)cc1. The van der Waals surface area contributed by atoms with Gasteiger partial charge < -0.3 is 9.64 Å². The van der Waals surface area contributed by atoms with Crippen LogP contribution < -0.4 is 9.46 Å². The maximum absolute atomic E-state index is 12.8. The molecule has 8 heteroatoms. The number of carbonyl (C=O) groups is 1. The molecule has 3 aromatic carbocycles. The van der Waals surface area contributed by atoms with E-state index in [1.807, 2.05) is 12.1 Å². The summed E-state index contributed by atoms with van der Waals surface area (Å²) in [7, 11) is -0.661. The van der Waals surface area contributed by atoms with Crippen molar-refractivity contribution in [1.29, 1.82) is 0 Å². The number of hydrogen-bond acceptors (Lipinski definition) is 4. The molecule has 0 aliphatic rings. The minimum atomic E-state index is -3.85. The maximum atomic E-state index is 12.8. The minimum absolute atomic E-state index is 0.00376. The van der Waals surface area contributed by atoms with Crippen molar-refractivity contribution in [2.45, 2.75) is 11.4 Å². The van der Waals surface area contributed by atoms with Crippen LogP contribution in [0.5, 0.6) is 5.75 Å². The highest BCUT2D eigenvalue weighted by Gasteiger charge is 2.18. The monoisotopic (exact) mass is 444 g/mol. The molecular weight excluding hydrogens is 424 g/mol. The van der Waals surface area contributed by atoms with E-state index in [0.717, 1.165) is 5.56 Å². The predicted molar refractivity (Wildman–Crippen MR) is 117 cm³/mol. The Morgan fingerprint density at radius 2 is 1.70 bits per heavy atom. The summed E-state index contributed by atoms with van der Waals surface area (Å²) in [5.74, 6) is 0.334. The van der Waals surface area contributed by atoms with Gasteiger partial charge in [-0.15, -0.1) is 0 Å². The van der Waals surface area contributed by atoms with Crippen LogP contribution >= 0.6 is 11.6 Å². The normalized spacial score (nSPS) is 11.0. The van der Waals surface area contributed by atoms with Gasteiger partial charge in [0.15, 0.2) is 0 Å². The molecule has 0 heterocycles. The number of hydrogen-bond donors (Lipinski definition) is 1. The van der Waals surface area contributed by atoms with Gasteiger partial charge in [-0.25, -0.2) is 8.42 Å². The standard InChI is InChI=1S/C22H21ClN2O4S/c1-25(15-16-6-8-18(23)9-7-16)22(26)17-4-3-5-21(14-17)30(27,28)24-19-10-12-20(29-2)13-11-19/h3-14,24H,15H2,1-2H3. The first kappa shape index (κ1) is 21.7. The van der Waals surface area contributed by atoms with E-state index in [1.54, 1.807) is 55.6 Å². The second-order valence-corrected chi connectivity index (χ2v) is 8.77. The Morgan fingerprint density at radius 3 is 2.33 bits per heavy atom. The molecule has 3 aromatic rings. The third kappa shape index (κ3) is 5.31. The van der Waals surface area contributed by atoms with Crippen molar-refractivity contribution in [2.75, 3.05) is 18.9 Å². The number of halogens is 1. The second-order valence-electron chi connectivity index (χ2n) is 6.65. The van der Waals surface area contributed by atoms with Gasteiger partial charge in [0.2, 0.25) is 0 Å². The molecule has 0 saturated heterocycles. The average Bonchev–Trinajstić information content (AvgIpc) is 2.75. The van der Waals surface area contributed by atoms with E-state index in [9.17, 15) is 13.2 Å². The molecule has 0 spiro atoms. The molecule has 1 N–H and O–H groups in total. The Kier molecular flexibility index (Phi) is 6.64. The van der Waals surface area contributed by atoms with Crippen LogP contribution in [0.4, 0.5) is 5.69 Å². The first-order valence-corrected chi connectivity index (χ1v) is 10.9. The summed E-state index contributed by atoms with van der Waals surface area (Å²) >= 11 is 5.89. The number of ether oxygens (including phenoxy) is 1. The summed E-state index contributed by atoms with van der Waals surface area (Å²) in [5, 5.41) is 0.620. The summed E-state index contributed by atoms with van der Waals surface area (Å²) in [6, 6.07) is 19.7. The lowest BCUT2D eigenvalue weighted by molar-refractivity contribution is 0.0785. The zero-order chi connectivity index (χ0) is 21.7. The highest BCUT2D eigenvalue weighted by atomic mass is 35.5. The lowest BCUT2D eigenvalue weighted by Crippen LogP contribution is -2.26. The maximum Gasteiger partial charge on any atom is 0.261 e. The molecule has 0 unspecified atom stereocenters. The molecule has 0 aliphatic heterocycles. The van der Waals surface area contributed by atoms with Gasteiger partial charge in [0.25, 0.3) is 15.9 Å². The lowest BCUT2D eigenvalue weighted by atomic mass is 10.1. The summed E-state index contributed by atoms with van der Waals surface area (Å²) < 4.78 is 33.1. The number of amides is 1. The number of carbonyl (C=O) groups excluding carboxylic acids is 1. The Balaban J connectivity index is 1.76. The zero-order valence-electron chi connectivity index (χ0n) is 16.5. The molecule has 0 aliphatic carbocycles. The van der Waals surface area contributed by atoms with Gasteiger partial charge in [0.1, 0.15) is 5.75 Å². The minimum Gasteiger partial charge on any atom is -0.497 e. The average molecular weight is 445 g/mol. The summed E-state index contributed by atoms with van der Waals surface area (Å²) in [6.07, 6.45) is 0. The number of nitrogens with one attached hydrogen (secondary N) is 1. The highest BCUT2D eigenvalue weighted by molar-refractivity contribution is 7.92. The number of sulfonamides is 1. The topological polar surface area (TPSA) is 75.7 Å². The smallest absolute Gasteiger partial charge is 0.261 e. The molecule has 0 radical (unpaired) electrons. The Labute approximate surface area is 181 Å². The number of rotatable bonds is 7. The third-order valence-electron chi connectivity index (χ3n) is 4.41. The van der Waals surface area contributed by atoms with Gasteiger partial charge in [-0.2, -0.15) is 0 Å². The van der Waals surface area contributed by atoms with Gasteiger partial charge in [-0.1, -0.05) is 29.8 Å². The summed E-state index contributed by atoms with van der Waals surface area (Å²) in [4.78, 5) is 14.3. The Hall–Kier alpha value is -3.03. The van der Waals surface area contributed by atoms with Gasteiger partial charge in [-0.05, 0) is 60.2 Å². The molecule has 0 aromatic heterocycles. The molecule has 0 saturated carbocycles. The van der Waals surface area contributed by atoms with Crippen molar-refractivity contribution < 1.29 is 17.9 Å². The number of methoxy groups -OCH3 is 1. The van der Waals surface area contributed by atoms with E-state index in [1.165, 1.54) is 24.1 Å². The van der Waals surface area contributed by atoms with Gasteiger partial charge in [0, 0.05) is 29.9 Å². The molecule has 1 amide bonds. The Morgan fingerprint density at radius 1 is 1.03 bits per heavy atom. The van der Waals surface area contributed by atoms with Crippen molar-refractivity contribution in [3.63, 3.8) is 0 Å². The quantitative estimate of drug-likeness (QED) is 0.585. The van der Waals surface area contributed by atoms with E-state index < -0.39 is 10.0 Å². The fourth-order valence-electron chi connectivity index (χ4n) is 2.83. The van der Waals surface area contributed by atoms with Crippen LogP contribution in [0, 0.1) is 0 Å².